The van der Waals surface area contributed by atoms with E-state index in [0.29, 0.717) is 6.61 Å². The molecule has 0 N–H and O–H groups in total. The van der Waals surface area contributed by atoms with Gasteiger partial charge in [0, 0.05) is 6.54 Å². The fraction of sp³-hybridized carbons (Fsp3) is 0.941. The SMILES string of the molecule is CCCN(CCC)CC(C(=O)OCC)N(CCC)CCC. The molecule has 4 nitrogen and oxygen atoms in total. The van der Waals surface area contributed by atoms with E-state index in [-0.39, 0.29) is 12.0 Å². The first kappa shape index (κ1) is 20.4. The van der Waals surface area contributed by atoms with Crippen molar-refractivity contribution in [1.82, 2.24) is 9.80 Å². The van der Waals surface area contributed by atoms with E-state index in [1.54, 1.807) is 0 Å². The minimum absolute atomic E-state index is 0.0587. The van der Waals surface area contributed by atoms with Gasteiger partial charge in [0.05, 0.1) is 6.61 Å². The van der Waals surface area contributed by atoms with Crippen LogP contribution < -0.4 is 0 Å². The molecule has 0 aromatic rings. The average molecular weight is 300 g/mol. The van der Waals surface area contributed by atoms with Gasteiger partial charge < -0.3 is 9.64 Å². The monoisotopic (exact) mass is 300 g/mol. The molecule has 126 valence electrons. The van der Waals surface area contributed by atoms with Crippen LogP contribution in [0.15, 0.2) is 0 Å². The van der Waals surface area contributed by atoms with E-state index in [1.165, 1.54) is 0 Å². The lowest BCUT2D eigenvalue weighted by atomic mass is 10.2. The van der Waals surface area contributed by atoms with Crippen LogP contribution in [-0.4, -0.2) is 61.1 Å². The molecular weight excluding hydrogens is 264 g/mol. The summed E-state index contributed by atoms with van der Waals surface area (Å²) in [5.41, 5.74) is 0. The Balaban J connectivity index is 4.93. The molecule has 0 fully saturated rings. The topological polar surface area (TPSA) is 32.8 Å². The molecule has 0 rings (SSSR count). The molecule has 1 unspecified atom stereocenters. The van der Waals surface area contributed by atoms with E-state index < -0.39 is 0 Å². The Hall–Kier alpha value is -0.610. The molecular formula is C17H36N2O2. The zero-order chi connectivity index (χ0) is 16.1. The summed E-state index contributed by atoms with van der Waals surface area (Å²) >= 11 is 0. The van der Waals surface area contributed by atoms with Gasteiger partial charge in [0.1, 0.15) is 6.04 Å². The van der Waals surface area contributed by atoms with Crippen LogP contribution in [-0.2, 0) is 9.53 Å². The summed E-state index contributed by atoms with van der Waals surface area (Å²) in [5.74, 6) is -0.0587. The predicted molar refractivity (Wildman–Crippen MR) is 89.6 cm³/mol. The smallest absolute Gasteiger partial charge is 0.324 e. The van der Waals surface area contributed by atoms with E-state index in [1.807, 2.05) is 6.92 Å². The molecule has 0 aliphatic heterocycles. The van der Waals surface area contributed by atoms with Gasteiger partial charge in [0.15, 0.2) is 0 Å². The van der Waals surface area contributed by atoms with E-state index in [2.05, 4.69) is 37.5 Å². The van der Waals surface area contributed by atoms with E-state index >= 15 is 0 Å². The Morgan fingerprint density at radius 1 is 0.857 bits per heavy atom. The number of carbonyl (C=O) groups is 1. The zero-order valence-electron chi connectivity index (χ0n) is 14.9. The lowest BCUT2D eigenvalue weighted by Gasteiger charge is -2.33. The summed E-state index contributed by atoms with van der Waals surface area (Å²) in [6, 6.07) is -0.122. The quantitative estimate of drug-likeness (QED) is 0.489. The van der Waals surface area contributed by atoms with Crippen LogP contribution in [0.3, 0.4) is 0 Å². The highest BCUT2D eigenvalue weighted by Crippen LogP contribution is 2.09. The van der Waals surface area contributed by atoms with Crippen molar-refractivity contribution in [2.75, 3.05) is 39.3 Å². The molecule has 0 heterocycles. The summed E-state index contributed by atoms with van der Waals surface area (Å²) < 4.78 is 5.33. The van der Waals surface area contributed by atoms with Crippen LogP contribution in [0.25, 0.3) is 0 Å². The molecule has 0 aromatic heterocycles. The summed E-state index contributed by atoms with van der Waals surface area (Å²) in [5, 5.41) is 0. The van der Waals surface area contributed by atoms with Gasteiger partial charge in [-0.2, -0.15) is 0 Å². The molecule has 0 bridgehead atoms. The Kier molecular flexibility index (Phi) is 12.7. The van der Waals surface area contributed by atoms with Crippen molar-refractivity contribution < 1.29 is 9.53 Å². The Morgan fingerprint density at radius 3 is 1.71 bits per heavy atom. The van der Waals surface area contributed by atoms with Gasteiger partial charge in [0.25, 0.3) is 0 Å². The van der Waals surface area contributed by atoms with Crippen LogP contribution in [0.5, 0.6) is 0 Å². The second-order valence-corrected chi connectivity index (χ2v) is 5.60. The minimum atomic E-state index is -0.122. The summed E-state index contributed by atoms with van der Waals surface area (Å²) in [7, 11) is 0. The largest absolute Gasteiger partial charge is 0.465 e. The molecule has 0 spiro atoms. The summed E-state index contributed by atoms with van der Waals surface area (Å²) in [4.78, 5) is 17.1. The van der Waals surface area contributed by atoms with Crippen molar-refractivity contribution in [1.29, 1.82) is 0 Å². The van der Waals surface area contributed by atoms with Crippen molar-refractivity contribution in [3.05, 3.63) is 0 Å². The van der Waals surface area contributed by atoms with Crippen molar-refractivity contribution in [3.8, 4) is 0 Å². The molecule has 4 heteroatoms. The number of esters is 1. The number of ether oxygens (including phenoxy) is 1. The van der Waals surface area contributed by atoms with Crippen molar-refractivity contribution >= 4 is 5.97 Å². The average Bonchev–Trinajstić information content (AvgIpc) is 2.45. The van der Waals surface area contributed by atoms with Crippen LogP contribution in [0.2, 0.25) is 0 Å². The van der Waals surface area contributed by atoms with Crippen LogP contribution >= 0.6 is 0 Å². The third-order valence-corrected chi connectivity index (χ3v) is 3.53. The lowest BCUT2D eigenvalue weighted by molar-refractivity contribution is -0.150. The minimum Gasteiger partial charge on any atom is -0.465 e. The molecule has 0 aliphatic rings. The van der Waals surface area contributed by atoms with Crippen LogP contribution in [0, 0.1) is 0 Å². The van der Waals surface area contributed by atoms with Gasteiger partial charge >= 0.3 is 5.97 Å². The van der Waals surface area contributed by atoms with Gasteiger partial charge in [-0.05, 0) is 58.8 Å². The normalized spacial score (nSPS) is 12.9. The lowest BCUT2D eigenvalue weighted by Crippen LogP contribution is -2.50. The maximum atomic E-state index is 12.4. The highest BCUT2D eigenvalue weighted by Gasteiger charge is 2.28. The van der Waals surface area contributed by atoms with Gasteiger partial charge in [-0.3, -0.25) is 9.69 Å². The third-order valence-electron chi connectivity index (χ3n) is 3.53. The second-order valence-electron chi connectivity index (χ2n) is 5.60. The predicted octanol–water partition coefficient (Wildman–Crippen LogP) is 3.16. The standard InChI is InChI=1S/C17H36N2O2/c1-6-11-18(12-7-2)15-16(17(20)21-10-5)19(13-8-3)14-9-4/h16H,6-15H2,1-5H3. The molecule has 0 saturated carbocycles. The first-order valence-corrected chi connectivity index (χ1v) is 8.77. The first-order chi connectivity index (χ1) is 10.1. The first-order valence-electron chi connectivity index (χ1n) is 8.77. The van der Waals surface area contributed by atoms with Crippen molar-refractivity contribution in [2.24, 2.45) is 0 Å². The number of hydrogen-bond acceptors (Lipinski definition) is 4. The van der Waals surface area contributed by atoms with E-state index in [4.69, 9.17) is 4.74 Å². The molecule has 0 aromatic carbocycles. The summed E-state index contributed by atoms with van der Waals surface area (Å²) in [6.07, 6.45) is 4.38. The molecule has 0 aliphatic carbocycles. The number of rotatable bonds is 13. The fourth-order valence-corrected chi connectivity index (χ4v) is 2.75. The van der Waals surface area contributed by atoms with Crippen molar-refractivity contribution in [3.63, 3.8) is 0 Å². The van der Waals surface area contributed by atoms with E-state index in [9.17, 15) is 4.79 Å². The van der Waals surface area contributed by atoms with E-state index in [0.717, 1.165) is 58.4 Å². The molecule has 21 heavy (non-hydrogen) atoms. The van der Waals surface area contributed by atoms with Gasteiger partial charge in [-0.1, -0.05) is 27.7 Å². The Morgan fingerprint density at radius 2 is 1.33 bits per heavy atom. The van der Waals surface area contributed by atoms with Gasteiger partial charge in [-0.15, -0.1) is 0 Å². The van der Waals surface area contributed by atoms with Gasteiger partial charge in [0.2, 0.25) is 0 Å². The number of hydrogen-bond donors (Lipinski definition) is 0. The van der Waals surface area contributed by atoms with Gasteiger partial charge in [-0.25, -0.2) is 0 Å². The van der Waals surface area contributed by atoms with Crippen LogP contribution in [0.1, 0.15) is 60.3 Å². The zero-order valence-corrected chi connectivity index (χ0v) is 14.9. The maximum absolute atomic E-state index is 12.4. The number of nitrogens with zero attached hydrogens (tertiary/aromatic N) is 2. The third kappa shape index (κ3) is 8.42. The second kappa shape index (κ2) is 13.1. The van der Waals surface area contributed by atoms with Crippen LogP contribution in [0.4, 0.5) is 0 Å². The highest BCUT2D eigenvalue weighted by atomic mass is 16.5. The summed E-state index contributed by atoms with van der Waals surface area (Å²) in [6.45, 7) is 15.9. The molecule has 0 radical (unpaired) electrons. The molecule has 0 amide bonds. The molecule has 1 atom stereocenters. The highest BCUT2D eigenvalue weighted by molar-refractivity contribution is 5.76. The maximum Gasteiger partial charge on any atom is 0.324 e. The Labute approximate surface area is 131 Å². The Bertz CT molecular complexity index is 247. The number of carbonyl (C=O) groups excluding carboxylic acids is 1. The van der Waals surface area contributed by atoms with Crippen molar-refractivity contribution in [2.45, 2.75) is 66.3 Å². The fourth-order valence-electron chi connectivity index (χ4n) is 2.75. The molecule has 0 saturated heterocycles.